The highest BCUT2D eigenvalue weighted by molar-refractivity contribution is 5.82. The SMILES string of the molecule is CCCCCNCc1c(CCCC)oc2ccccc12. The minimum absolute atomic E-state index is 0.930. The Morgan fingerprint density at radius 2 is 1.80 bits per heavy atom. The summed E-state index contributed by atoms with van der Waals surface area (Å²) in [6.07, 6.45) is 7.30. The van der Waals surface area contributed by atoms with E-state index >= 15 is 0 Å². The van der Waals surface area contributed by atoms with Crippen LogP contribution in [0.5, 0.6) is 0 Å². The first-order valence-corrected chi connectivity index (χ1v) is 8.06. The average molecular weight is 273 g/mol. The molecule has 0 amide bonds. The van der Waals surface area contributed by atoms with E-state index < -0.39 is 0 Å². The molecule has 2 nitrogen and oxygen atoms in total. The number of unbranched alkanes of at least 4 members (excludes halogenated alkanes) is 3. The fraction of sp³-hybridized carbons (Fsp3) is 0.556. The molecule has 1 heterocycles. The molecule has 0 aliphatic heterocycles. The monoisotopic (exact) mass is 273 g/mol. The quantitative estimate of drug-likeness (QED) is 0.646. The molecule has 1 aromatic carbocycles. The van der Waals surface area contributed by atoms with Crippen molar-refractivity contribution in [2.75, 3.05) is 6.54 Å². The molecule has 20 heavy (non-hydrogen) atoms. The topological polar surface area (TPSA) is 25.2 Å². The average Bonchev–Trinajstić information content (AvgIpc) is 2.83. The second kappa shape index (κ2) is 8.11. The maximum atomic E-state index is 6.04. The fourth-order valence-electron chi connectivity index (χ4n) is 2.60. The Balaban J connectivity index is 2.07. The minimum atomic E-state index is 0.930. The Morgan fingerprint density at radius 3 is 2.60 bits per heavy atom. The third kappa shape index (κ3) is 3.86. The van der Waals surface area contributed by atoms with Gasteiger partial charge in [0.05, 0.1) is 0 Å². The number of aryl methyl sites for hydroxylation is 1. The summed E-state index contributed by atoms with van der Waals surface area (Å²) in [5, 5.41) is 4.85. The van der Waals surface area contributed by atoms with Gasteiger partial charge in [0.1, 0.15) is 11.3 Å². The summed E-state index contributed by atoms with van der Waals surface area (Å²) in [6.45, 7) is 6.50. The lowest BCUT2D eigenvalue weighted by atomic mass is 10.1. The molecule has 0 aliphatic carbocycles. The molecule has 0 bridgehead atoms. The summed E-state index contributed by atoms with van der Waals surface area (Å²) in [6, 6.07) is 8.40. The molecular formula is C18H27NO. The highest BCUT2D eigenvalue weighted by atomic mass is 16.3. The molecule has 110 valence electrons. The van der Waals surface area contributed by atoms with Gasteiger partial charge in [-0.05, 0) is 25.5 Å². The van der Waals surface area contributed by atoms with Crippen molar-refractivity contribution in [3.05, 3.63) is 35.6 Å². The molecule has 0 fully saturated rings. The molecule has 0 saturated carbocycles. The zero-order chi connectivity index (χ0) is 14.2. The van der Waals surface area contributed by atoms with Crippen LogP contribution in [0.3, 0.4) is 0 Å². The van der Waals surface area contributed by atoms with Crippen molar-refractivity contribution in [1.82, 2.24) is 5.32 Å². The molecule has 0 aliphatic rings. The van der Waals surface area contributed by atoms with Gasteiger partial charge >= 0.3 is 0 Å². The number of rotatable bonds is 9. The molecule has 0 atom stereocenters. The lowest BCUT2D eigenvalue weighted by molar-refractivity contribution is 0.523. The van der Waals surface area contributed by atoms with Gasteiger partial charge in [0.2, 0.25) is 0 Å². The highest BCUT2D eigenvalue weighted by Gasteiger charge is 2.12. The van der Waals surface area contributed by atoms with Crippen LogP contribution in [-0.4, -0.2) is 6.54 Å². The van der Waals surface area contributed by atoms with Crippen LogP contribution < -0.4 is 5.32 Å². The second-order valence-corrected chi connectivity index (χ2v) is 5.49. The van der Waals surface area contributed by atoms with E-state index in [1.165, 1.54) is 48.8 Å². The zero-order valence-electron chi connectivity index (χ0n) is 12.9. The van der Waals surface area contributed by atoms with Gasteiger partial charge in [-0.2, -0.15) is 0 Å². The third-order valence-electron chi connectivity index (χ3n) is 3.80. The molecule has 1 N–H and O–H groups in total. The van der Waals surface area contributed by atoms with Crippen molar-refractivity contribution >= 4 is 11.0 Å². The Kier molecular flexibility index (Phi) is 6.13. The van der Waals surface area contributed by atoms with Crippen LogP contribution in [0.1, 0.15) is 57.3 Å². The number of para-hydroxylation sites is 1. The van der Waals surface area contributed by atoms with E-state index in [0.717, 1.165) is 25.1 Å². The first kappa shape index (κ1) is 15.1. The van der Waals surface area contributed by atoms with Crippen LogP contribution in [0.2, 0.25) is 0 Å². The number of furan rings is 1. The van der Waals surface area contributed by atoms with Crippen LogP contribution in [0.25, 0.3) is 11.0 Å². The second-order valence-electron chi connectivity index (χ2n) is 5.49. The van der Waals surface area contributed by atoms with Gasteiger partial charge in [-0.15, -0.1) is 0 Å². The number of benzene rings is 1. The molecule has 0 unspecified atom stereocenters. The van der Waals surface area contributed by atoms with Gasteiger partial charge in [-0.1, -0.05) is 51.3 Å². The van der Waals surface area contributed by atoms with Crippen molar-refractivity contribution in [3.63, 3.8) is 0 Å². The van der Waals surface area contributed by atoms with Crippen molar-refractivity contribution in [2.24, 2.45) is 0 Å². The lowest BCUT2D eigenvalue weighted by Gasteiger charge is -2.05. The third-order valence-corrected chi connectivity index (χ3v) is 3.80. The maximum absolute atomic E-state index is 6.04. The first-order valence-electron chi connectivity index (χ1n) is 8.06. The Morgan fingerprint density at radius 1 is 1.00 bits per heavy atom. The van der Waals surface area contributed by atoms with Crippen molar-refractivity contribution in [2.45, 2.75) is 58.9 Å². The molecule has 0 spiro atoms. The first-order chi connectivity index (χ1) is 9.86. The van der Waals surface area contributed by atoms with Gasteiger partial charge in [-0.25, -0.2) is 0 Å². The Labute approximate surface area is 122 Å². The van der Waals surface area contributed by atoms with E-state index in [9.17, 15) is 0 Å². The number of fused-ring (bicyclic) bond motifs is 1. The van der Waals surface area contributed by atoms with Crippen LogP contribution >= 0.6 is 0 Å². The van der Waals surface area contributed by atoms with E-state index in [0.29, 0.717) is 0 Å². The van der Waals surface area contributed by atoms with Crippen molar-refractivity contribution < 1.29 is 4.42 Å². The fourth-order valence-corrected chi connectivity index (χ4v) is 2.60. The Hall–Kier alpha value is -1.28. The summed E-state index contributed by atoms with van der Waals surface area (Å²) in [5.74, 6) is 1.18. The molecule has 2 heteroatoms. The lowest BCUT2D eigenvalue weighted by Crippen LogP contribution is -2.15. The van der Waals surface area contributed by atoms with Crippen LogP contribution in [-0.2, 0) is 13.0 Å². The maximum Gasteiger partial charge on any atom is 0.134 e. The number of nitrogens with one attached hydrogen (secondary N) is 1. The molecule has 0 saturated heterocycles. The van der Waals surface area contributed by atoms with Crippen LogP contribution in [0, 0.1) is 0 Å². The predicted molar refractivity (Wildman–Crippen MR) is 86.1 cm³/mol. The minimum Gasteiger partial charge on any atom is -0.461 e. The summed E-state index contributed by atoms with van der Waals surface area (Å²) < 4.78 is 6.04. The van der Waals surface area contributed by atoms with Gasteiger partial charge in [0, 0.05) is 23.9 Å². The molecule has 1 aromatic heterocycles. The predicted octanol–water partition coefficient (Wildman–Crippen LogP) is 5.06. The Bertz CT molecular complexity index is 515. The largest absolute Gasteiger partial charge is 0.461 e. The summed E-state index contributed by atoms with van der Waals surface area (Å²) >= 11 is 0. The summed E-state index contributed by atoms with van der Waals surface area (Å²) in [7, 11) is 0. The van der Waals surface area contributed by atoms with Crippen molar-refractivity contribution in [1.29, 1.82) is 0 Å². The molecular weight excluding hydrogens is 246 g/mol. The van der Waals surface area contributed by atoms with Gasteiger partial charge in [0.15, 0.2) is 0 Å². The van der Waals surface area contributed by atoms with Gasteiger partial charge < -0.3 is 9.73 Å². The van der Waals surface area contributed by atoms with E-state index in [1.54, 1.807) is 0 Å². The molecule has 2 aromatic rings. The normalized spacial score (nSPS) is 11.3. The van der Waals surface area contributed by atoms with Gasteiger partial charge in [0.25, 0.3) is 0 Å². The van der Waals surface area contributed by atoms with E-state index in [1.807, 2.05) is 6.07 Å². The molecule has 2 rings (SSSR count). The zero-order valence-corrected chi connectivity index (χ0v) is 12.9. The van der Waals surface area contributed by atoms with E-state index in [-0.39, 0.29) is 0 Å². The van der Waals surface area contributed by atoms with Crippen LogP contribution in [0.15, 0.2) is 28.7 Å². The number of hydrogen-bond acceptors (Lipinski definition) is 2. The van der Waals surface area contributed by atoms with E-state index in [4.69, 9.17) is 4.42 Å². The standard InChI is InChI=1S/C18H27NO/c1-3-5-9-13-19-14-16-15-10-7-8-12-17(15)20-18(16)11-6-4-2/h7-8,10,12,19H,3-6,9,11,13-14H2,1-2H3. The molecule has 0 radical (unpaired) electrons. The van der Waals surface area contributed by atoms with Crippen molar-refractivity contribution in [3.8, 4) is 0 Å². The summed E-state index contributed by atoms with van der Waals surface area (Å²) in [5.41, 5.74) is 2.40. The summed E-state index contributed by atoms with van der Waals surface area (Å²) in [4.78, 5) is 0. The highest BCUT2D eigenvalue weighted by Crippen LogP contribution is 2.27. The smallest absolute Gasteiger partial charge is 0.134 e. The number of hydrogen-bond donors (Lipinski definition) is 1. The van der Waals surface area contributed by atoms with E-state index in [2.05, 4.69) is 37.4 Å². The van der Waals surface area contributed by atoms with Gasteiger partial charge in [-0.3, -0.25) is 0 Å². The van der Waals surface area contributed by atoms with Crippen LogP contribution in [0.4, 0.5) is 0 Å².